The van der Waals surface area contributed by atoms with Gasteiger partial charge in [0, 0.05) is 0 Å². The molecule has 1 atom stereocenters. The Morgan fingerprint density at radius 1 is 1.33 bits per heavy atom. The summed E-state index contributed by atoms with van der Waals surface area (Å²) in [4.78, 5) is 21.7. The highest BCUT2D eigenvalue weighted by atomic mass is 35.5. The number of esters is 1. The van der Waals surface area contributed by atoms with E-state index in [1.165, 1.54) is 6.92 Å². The molecule has 12 heavy (non-hydrogen) atoms. The zero-order valence-corrected chi connectivity index (χ0v) is 8.44. The number of halogens is 1. The summed E-state index contributed by atoms with van der Waals surface area (Å²) in [7, 11) is 0. The van der Waals surface area contributed by atoms with Crippen LogP contribution in [0.1, 0.15) is 27.7 Å². The molecule has 0 spiro atoms. The van der Waals surface area contributed by atoms with Crippen molar-refractivity contribution in [2.45, 2.75) is 38.7 Å². The van der Waals surface area contributed by atoms with Crippen molar-refractivity contribution in [3.63, 3.8) is 0 Å². The van der Waals surface area contributed by atoms with Crippen molar-refractivity contribution in [3.8, 4) is 0 Å². The van der Waals surface area contributed by atoms with Gasteiger partial charge in [0.15, 0.2) is 11.2 Å². The second kappa shape index (κ2) is 3.90. The first-order valence-electron chi connectivity index (χ1n) is 3.61. The van der Waals surface area contributed by atoms with Crippen LogP contribution >= 0.6 is 11.6 Å². The molecule has 3 nitrogen and oxygen atoms in total. The van der Waals surface area contributed by atoms with Crippen molar-refractivity contribution in [2.24, 2.45) is 0 Å². The van der Waals surface area contributed by atoms with E-state index in [-0.39, 0.29) is 0 Å². The van der Waals surface area contributed by atoms with Gasteiger partial charge in [0.1, 0.15) is 5.60 Å². The second-order valence-corrected chi connectivity index (χ2v) is 3.94. The largest absolute Gasteiger partial charge is 0.459 e. The van der Waals surface area contributed by atoms with Gasteiger partial charge in [0.05, 0.1) is 0 Å². The SMILES string of the molecule is CC(=O)C(Cl)C(=O)OC(C)(C)C. The molecule has 0 aromatic carbocycles. The lowest BCUT2D eigenvalue weighted by Crippen LogP contribution is -2.32. The minimum atomic E-state index is -1.18. The molecule has 0 saturated heterocycles. The average molecular weight is 193 g/mol. The molecule has 0 aliphatic rings. The smallest absolute Gasteiger partial charge is 0.332 e. The maximum Gasteiger partial charge on any atom is 0.332 e. The van der Waals surface area contributed by atoms with E-state index in [1.54, 1.807) is 20.8 Å². The van der Waals surface area contributed by atoms with Crippen LogP contribution in [-0.4, -0.2) is 22.7 Å². The molecule has 0 aliphatic carbocycles. The van der Waals surface area contributed by atoms with Crippen molar-refractivity contribution < 1.29 is 14.3 Å². The molecule has 0 amide bonds. The number of rotatable bonds is 2. The van der Waals surface area contributed by atoms with Crippen LogP contribution in [-0.2, 0) is 14.3 Å². The number of carbonyl (C=O) groups excluding carboxylic acids is 2. The molecule has 0 rings (SSSR count). The third-order valence-electron chi connectivity index (χ3n) is 0.971. The molecule has 0 bridgehead atoms. The zero-order valence-electron chi connectivity index (χ0n) is 7.68. The van der Waals surface area contributed by atoms with E-state index in [0.717, 1.165) is 0 Å². The molecule has 0 aliphatic heterocycles. The number of alkyl halides is 1. The van der Waals surface area contributed by atoms with E-state index in [9.17, 15) is 9.59 Å². The topological polar surface area (TPSA) is 43.4 Å². The van der Waals surface area contributed by atoms with Crippen LogP contribution in [0.25, 0.3) is 0 Å². The number of ether oxygens (including phenoxy) is 1. The molecule has 1 unspecified atom stereocenters. The predicted molar refractivity (Wildman–Crippen MR) is 46.2 cm³/mol. The van der Waals surface area contributed by atoms with E-state index in [0.29, 0.717) is 0 Å². The number of hydrogen-bond donors (Lipinski definition) is 0. The van der Waals surface area contributed by atoms with Gasteiger partial charge in [-0.2, -0.15) is 0 Å². The van der Waals surface area contributed by atoms with Crippen LogP contribution in [0.3, 0.4) is 0 Å². The van der Waals surface area contributed by atoms with Gasteiger partial charge < -0.3 is 4.74 Å². The molecule has 0 N–H and O–H groups in total. The highest BCUT2D eigenvalue weighted by molar-refractivity contribution is 6.40. The van der Waals surface area contributed by atoms with E-state index >= 15 is 0 Å². The fourth-order valence-electron chi connectivity index (χ4n) is 0.519. The van der Waals surface area contributed by atoms with E-state index < -0.39 is 22.7 Å². The van der Waals surface area contributed by atoms with Crippen LogP contribution < -0.4 is 0 Å². The Labute approximate surface area is 77.0 Å². The number of carbonyl (C=O) groups is 2. The van der Waals surface area contributed by atoms with Crippen LogP contribution in [0, 0.1) is 0 Å². The Morgan fingerprint density at radius 3 is 2.00 bits per heavy atom. The predicted octanol–water partition coefficient (Wildman–Crippen LogP) is 1.52. The summed E-state index contributed by atoms with van der Waals surface area (Å²) in [5.74, 6) is -1.08. The quantitative estimate of drug-likeness (QED) is 0.379. The van der Waals surface area contributed by atoms with Gasteiger partial charge in [0.2, 0.25) is 0 Å². The fourth-order valence-corrected chi connectivity index (χ4v) is 0.564. The zero-order chi connectivity index (χ0) is 9.94. The minimum absolute atomic E-state index is 0.397. The van der Waals surface area contributed by atoms with Gasteiger partial charge in [-0.15, -0.1) is 11.6 Å². The second-order valence-electron chi connectivity index (χ2n) is 3.51. The molecule has 0 aromatic rings. The summed E-state index contributed by atoms with van der Waals surface area (Å²) in [6.45, 7) is 6.40. The first-order chi connectivity index (χ1) is 5.24. The highest BCUT2D eigenvalue weighted by Crippen LogP contribution is 2.11. The molecule has 0 heterocycles. The minimum Gasteiger partial charge on any atom is -0.459 e. The number of Topliss-reactive ketones (excluding diaryl/α,β-unsaturated/α-hetero) is 1. The first kappa shape index (κ1) is 11.4. The average Bonchev–Trinajstić information content (AvgIpc) is 1.82. The molecular weight excluding hydrogens is 180 g/mol. The fraction of sp³-hybridized carbons (Fsp3) is 0.750. The molecule has 4 heteroatoms. The standard InChI is InChI=1S/C8H13ClO3/c1-5(10)6(9)7(11)12-8(2,3)4/h6H,1-4H3. The van der Waals surface area contributed by atoms with Gasteiger partial charge in [-0.1, -0.05) is 0 Å². The highest BCUT2D eigenvalue weighted by Gasteiger charge is 2.26. The van der Waals surface area contributed by atoms with E-state index in [4.69, 9.17) is 16.3 Å². The van der Waals surface area contributed by atoms with Crippen molar-refractivity contribution >= 4 is 23.4 Å². The van der Waals surface area contributed by atoms with Crippen LogP contribution in [0.5, 0.6) is 0 Å². The summed E-state index contributed by atoms with van der Waals surface area (Å²) in [6.07, 6.45) is 0. The molecular formula is C8H13ClO3. The first-order valence-corrected chi connectivity index (χ1v) is 4.05. The van der Waals surface area contributed by atoms with Crippen molar-refractivity contribution in [2.75, 3.05) is 0 Å². The summed E-state index contributed by atoms with van der Waals surface area (Å²) in [5, 5.41) is -1.18. The van der Waals surface area contributed by atoms with Gasteiger partial charge >= 0.3 is 5.97 Å². The third kappa shape index (κ3) is 4.34. The van der Waals surface area contributed by atoms with Crippen molar-refractivity contribution in [1.29, 1.82) is 0 Å². The third-order valence-corrected chi connectivity index (χ3v) is 1.46. The van der Waals surface area contributed by atoms with Crippen LogP contribution in [0.4, 0.5) is 0 Å². The molecule has 0 fully saturated rings. The molecule has 0 radical (unpaired) electrons. The maximum absolute atomic E-state index is 11.0. The Bertz CT molecular complexity index is 193. The van der Waals surface area contributed by atoms with Crippen LogP contribution in [0.2, 0.25) is 0 Å². The van der Waals surface area contributed by atoms with Gasteiger partial charge in [-0.05, 0) is 27.7 Å². The summed E-state index contributed by atoms with van der Waals surface area (Å²) < 4.78 is 4.87. The van der Waals surface area contributed by atoms with Gasteiger partial charge in [-0.3, -0.25) is 4.79 Å². The molecule has 0 aromatic heterocycles. The van der Waals surface area contributed by atoms with Crippen molar-refractivity contribution in [1.82, 2.24) is 0 Å². The number of ketones is 1. The lowest BCUT2D eigenvalue weighted by molar-refractivity contribution is -0.155. The van der Waals surface area contributed by atoms with Crippen molar-refractivity contribution in [3.05, 3.63) is 0 Å². The van der Waals surface area contributed by atoms with E-state index in [1.807, 2.05) is 0 Å². The number of hydrogen-bond acceptors (Lipinski definition) is 3. The Morgan fingerprint density at radius 2 is 1.75 bits per heavy atom. The Balaban J connectivity index is 4.15. The molecule has 70 valence electrons. The summed E-state index contributed by atoms with van der Waals surface area (Å²) >= 11 is 5.45. The van der Waals surface area contributed by atoms with E-state index in [2.05, 4.69) is 0 Å². The van der Waals surface area contributed by atoms with Gasteiger partial charge in [0.25, 0.3) is 0 Å². The Hall–Kier alpha value is -0.570. The Kier molecular flexibility index (Phi) is 3.71. The van der Waals surface area contributed by atoms with Gasteiger partial charge in [-0.25, -0.2) is 4.79 Å². The lowest BCUT2D eigenvalue weighted by Gasteiger charge is -2.20. The monoisotopic (exact) mass is 192 g/mol. The summed E-state index contributed by atoms with van der Waals surface area (Å²) in [6, 6.07) is 0. The maximum atomic E-state index is 11.0. The normalized spacial score (nSPS) is 13.8. The van der Waals surface area contributed by atoms with Crippen LogP contribution in [0.15, 0.2) is 0 Å². The summed E-state index contributed by atoms with van der Waals surface area (Å²) in [5.41, 5.74) is -0.598. The lowest BCUT2D eigenvalue weighted by atomic mass is 10.2. The molecule has 0 saturated carbocycles.